The smallest absolute Gasteiger partial charge is 0.203 e. The van der Waals surface area contributed by atoms with Crippen molar-refractivity contribution >= 4 is 22.5 Å². The van der Waals surface area contributed by atoms with E-state index in [1.807, 2.05) is 36.5 Å². The maximum Gasteiger partial charge on any atom is 0.203 e. The number of benzene rings is 2. The molecule has 1 saturated heterocycles. The first-order valence-electron chi connectivity index (χ1n) is 11.5. The number of nitrogens with one attached hydrogen (secondary N) is 1. The van der Waals surface area contributed by atoms with Gasteiger partial charge < -0.3 is 39.0 Å². The molecule has 0 spiro atoms. The third kappa shape index (κ3) is 3.98. The standard InChI is InChI=1S/C26H28N4O6/c1-14-21(31)22(32)26(36-14)30-12-17(15-8-6-5-7-9-15)20-24(27-13-28-25(20)30)29-16-10-18(33-2)23(35-4)19(11-16)34-3/h5-14,21-22,26,31-32H,1-4H3,(H,27,28,29)/t14-,21-,22-,26-/m1/s1. The summed E-state index contributed by atoms with van der Waals surface area (Å²) in [6.45, 7) is 1.73. The Morgan fingerprint density at radius 1 is 0.944 bits per heavy atom. The number of methoxy groups -OCH3 is 3. The highest BCUT2D eigenvalue weighted by Crippen LogP contribution is 2.43. The van der Waals surface area contributed by atoms with Gasteiger partial charge in [-0.05, 0) is 12.5 Å². The molecular formula is C26H28N4O6. The summed E-state index contributed by atoms with van der Waals surface area (Å²) in [6.07, 6.45) is -0.143. The van der Waals surface area contributed by atoms with Crippen LogP contribution in [0.15, 0.2) is 55.0 Å². The number of nitrogens with zero attached hydrogens (tertiary/aromatic N) is 3. The van der Waals surface area contributed by atoms with Crippen LogP contribution in [-0.4, -0.2) is 64.4 Å². The zero-order valence-electron chi connectivity index (χ0n) is 20.4. The highest BCUT2D eigenvalue weighted by Gasteiger charge is 2.42. The molecule has 2 aromatic heterocycles. The zero-order valence-corrected chi connectivity index (χ0v) is 20.4. The largest absolute Gasteiger partial charge is 0.493 e. The number of fused-ring (bicyclic) bond motifs is 1. The van der Waals surface area contributed by atoms with Crippen LogP contribution in [-0.2, 0) is 4.74 Å². The summed E-state index contributed by atoms with van der Waals surface area (Å²) in [5, 5.41) is 25.1. The van der Waals surface area contributed by atoms with Gasteiger partial charge >= 0.3 is 0 Å². The number of aromatic nitrogens is 3. The number of ether oxygens (including phenoxy) is 4. The van der Waals surface area contributed by atoms with E-state index in [9.17, 15) is 10.2 Å². The maximum absolute atomic E-state index is 10.7. The van der Waals surface area contributed by atoms with Crippen LogP contribution < -0.4 is 19.5 Å². The number of aliphatic hydroxyl groups is 2. The predicted molar refractivity (Wildman–Crippen MR) is 134 cm³/mol. The van der Waals surface area contributed by atoms with Crippen molar-refractivity contribution in [3.05, 3.63) is 55.0 Å². The minimum atomic E-state index is -1.11. The van der Waals surface area contributed by atoms with Crippen LogP contribution in [0.3, 0.4) is 0 Å². The van der Waals surface area contributed by atoms with Gasteiger partial charge in [-0.3, -0.25) is 0 Å². The lowest BCUT2D eigenvalue weighted by Gasteiger charge is -2.17. The van der Waals surface area contributed by atoms with E-state index in [1.54, 1.807) is 45.0 Å². The Hall–Kier alpha value is -3.86. The fourth-order valence-corrected chi connectivity index (χ4v) is 4.56. The molecule has 1 aliphatic rings. The Bertz CT molecular complexity index is 1350. The molecule has 1 fully saturated rings. The van der Waals surface area contributed by atoms with Crippen molar-refractivity contribution in [3.63, 3.8) is 0 Å². The second kappa shape index (κ2) is 9.65. The summed E-state index contributed by atoms with van der Waals surface area (Å²) >= 11 is 0. The molecule has 0 amide bonds. The average molecular weight is 493 g/mol. The highest BCUT2D eigenvalue weighted by atomic mass is 16.6. The number of hydrogen-bond acceptors (Lipinski definition) is 9. The lowest BCUT2D eigenvalue weighted by molar-refractivity contribution is -0.0295. The van der Waals surface area contributed by atoms with Crippen LogP contribution in [0.2, 0.25) is 0 Å². The Labute approximate surface area is 208 Å². The summed E-state index contributed by atoms with van der Waals surface area (Å²) in [7, 11) is 4.66. The molecule has 5 rings (SSSR count). The Kier molecular flexibility index (Phi) is 6.40. The van der Waals surface area contributed by atoms with Crippen molar-refractivity contribution in [2.45, 2.75) is 31.5 Å². The fraction of sp³-hybridized carbons (Fsp3) is 0.308. The van der Waals surface area contributed by atoms with Gasteiger partial charge in [-0.25, -0.2) is 9.97 Å². The third-order valence-corrected chi connectivity index (χ3v) is 6.37. The second-order valence-electron chi connectivity index (χ2n) is 8.49. The highest BCUT2D eigenvalue weighted by molar-refractivity contribution is 6.02. The van der Waals surface area contributed by atoms with Crippen molar-refractivity contribution in [1.29, 1.82) is 0 Å². The molecule has 2 aromatic carbocycles. The summed E-state index contributed by atoms with van der Waals surface area (Å²) in [5.74, 6) is 2.01. The Morgan fingerprint density at radius 3 is 2.22 bits per heavy atom. The van der Waals surface area contributed by atoms with E-state index in [-0.39, 0.29) is 0 Å². The summed E-state index contributed by atoms with van der Waals surface area (Å²) in [6, 6.07) is 13.4. The van der Waals surface area contributed by atoms with Gasteiger partial charge in [0.25, 0.3) is 0 Å². The van der Waals surface area contributed by atoms with Gasteiger partial charge in [0.2, 0.25) is 5.75 Å². The number of aliphatic hydroxyl groups excluding tert-OH is 2. The van der Waals surface area contributed by atoms with Crippen LogP contribution in [0, 0.1) is 0 Å². The summed E-state index contributed by atoms with van der Waals surface area (Å²) in [4.78, 5) is 9.05. The molecule has 4 atom stereocenters. The minimum absolute atomic E-state index is 0.481. The van der Waals surface area contributed by atoms with Gasteiger partial charge in [-0.2, -0.15) is 0 Å². The van der Waals surface area contributed by atoms with E-state index in [0.29, 0.717) is 34.4 Å². The van der Waals surface area contributed by atoms with Crippen LogP contribution in [0.1, 0.15) is 13.2 Å². The molecule has 188 valence electrons. The van der Waals surface area contributed by atoms with E-state index in [0.717, 1.165) is 16.5 Å². The van der Waals surface area contributed by atoms with E-state index in [2.05, 4.69) is 15.3 Å². The molecule has 0 bridgehead atoms. The van der Waals surface area contributed by atoms with Gasteiger partial charge in [0.1, 0.15) is 30.0 Å². The van der Waals surface area contributed by atoms with Gasteiger partial charge in [0.15, 0.2) is 17.7 Å². The van der Waals surface area contributed by atoms with Crippen LogP contribution in [0.25, 0.3) is 22.2 Å². The molecule has 10 heteroatoms. The van der Waals surface area contributed by atoms with E-state index in [4.69, 9.17) is 18.9 Å². The minimum Gasteiger partial charge on any atom is -0.493 e. The van der Waals surface area contributed by atoms with E-state index in [1.165, 1.54) is 6.33 Å². The van der Waals surface area contributed by atoms with Crippen LogP contribution >= 0.6 is 0 Å². The normalized spacial score (nSPS) is 21.5. The Balaban J connectivity index is 1.68. The fourth-order valence-electron chi connectivity index (χ4n) is 4.56. The van der Waals surface area contributed by atoms with Gasteiger partial charge in [0, 0.05) is 29.6 Å². The summed E-state index contributed by atoms with van der Waals surface area (Å²) in [5.41, 5.74) is 2.98. The number of anilines is 2. The molecule has 1 aliphatic heterocycles. The molecule has 36 heavy (non-hydrogen) atoms. The van der Waals surface area contributed by atoms with Gasteiger partial charge in [-0.1, -0.05) is 30.3 Å². The van der Waals surface area contributed by atoms with Crippen molar-refractivity contribution in [2.24, 2.45) is 0 Å². The predicted octanol–water partition coefficient (Wildman–Crippen LogP) is 3.51. The van der Waals surface area contributed by atoms with Gasteiger partial charge in [0.05, 0.1) is 32.8 Å². The van der Waals surface area contributed by atoms with Crippen molar-refractivity contribution in [1.82, 2.24) is 14.5 Å². The third-order valence-electron chi connectivity index (χ3n) is 6.37. The van der Waals surface area contributed by atoms with Gasteiger partial charge in [-0.15, -0.1) is 0 Å². The Morgan fingerprint density at radius 2 is 1.64 bits per heavy atom. The zero-order chi connectivity index (χ0) is 25.4. The van der Waals surface area contributed by atoms with Crippen molar-refractivity contribution in [2.75, 3.05) is 26.6 Å². The topological polar surface area (TPSA) is 120 Å². The molecule has 3 heterocycles. The SMILES string of the molecule is COc1cc(Nc2ncnc3c2c(-c2ccccc2)cn3[C@@H]2O[C@H](C)[C@@H](O)[C@H]2O)cc(OC)c1OC. The van der Waals surface area contributed by atoms with Crippen molar-refractivity contribution in [3.8, 4) is 28.4 Å². The molecule has 0 unspecified atom stereocenters. The van der Waals surface area contributed by atoms with Crippen molar-refractivity contribution < 1.29 is 29.2 Å². The molecule has 0 aliphatic carbocycles. The molecule has 0 radical (unpaired) electrons. The molecule has 10 nitrogen and oxygen atoms in total. The molecule has 3 N–H and O–H groups in total. The number of rotatable bonds is 7. The van der Waals surface area contributed by atoms with Crippen LogP contribution in [0.4, 0.5) is 11.5 Å². The summed E-state index contributed by atoms with van der Waals surface area (Å²) < 4.78 is 24.1. The number of hydrogen-bond donors (Lipinski definition) is 3. The van der Waals surface area contributed by atoms with E-state index >= 15 is 0 Å². The lowest BCUT2D eigenvalue weighted by atomic mass is 10.1. The second-order valence-corrected chi connectivity index (χ2v) is 8.49. The molecule has 4 aromatic rings. The monoisotopic (exact) mass is 492 g/mol. The van der Waals surface area contributed by atoms with Crippen LogP contribution in [0.5, 0.6) is 17.2 Å². The first kappa shape index (κ1) is 23.9. The first-order chi connectivity index (χ1) is 17.5. The average Bonchev–Trinajstić information content (AvgIpc) is 3.42. The lowest BCUT2D eigenvalue weighted by Crippen LogP contribution is -2.30. The quantitative estimate of drug-likeness (QED) is 0.356. The van der Waals surface area contributed by atoms with E-state index < -0.39 is 24.5 Å². The molecular weight excluding hydrogens is 464 g/mol. The maximum atomic E-state index is 10.7. The molecule has 0 saturated carbocycles. The first-order valence-corrected chi connectivity index (χ1v) is 11.5.